The van der Waals surface area contributed by atoms with Gasteiger partial charge in [0.05, 0.1) is 13.2 Å². The van der Waals surface area contributed by atoms with Crippen LogP contribution in [-0.4, -0.2) is 13.2 Å². The van der Waals surface area contributed by atoms with Gasteiger partial charge < -0.3 is 9.47 Å². The SMILES string of the molecule is CCCC=C(C)c1ccc(OC)c(OC2CCCC2)c1. The minimum atomic E-state index is 0.360. The topological polar surface area (TPSA) is 18.5 Å². The number of methoxy groups -OCH3 is 1. The van der Waals surface area contributed by atoms with E-state index in [9.17, 15) is 0 Å². The summed E-state index contributed by atoms with van der Waals surface area (Å²) in [6, 6.07) is 6.25. The van der Waals surface area contributed by atoms with Gasteiger partial charge in [0.2, 0.25) is 0 Å². The van der Waals surface area contributed by atoms with Gasteiger partial charge in [-0.05, 0) is 62.3 Å². The standard InChI is InChI=1S/C18H26O2/c1-4-5-8-14(2)15-11-12-17(19-3)18(13-15)20-16-9-6-7-10-16/h8,11-13,16H,4-7,9-10H2,1-3H3. The van der Waals surface area contributed by atoms with Crippen LogP contribution in [0.4, 0.5) is 0 Å². The Morgan fingerprint density at radius 3 is 2.65 bits per heavy atom. The maximum Gasteiger partial charge on any atom is 0.162 e. The predicted octanol–water partition coefficient (Wildman–Crippen LogP) is 5.22. The monoisotopic (exact) mass is 274 g/mol. The van der Waals surface area contributed by atoms with Crippen LogP contribution in [0.5, 0.6) is 11.5 Å². The van der Waals surface area contributed by atoms with Crippen molar-refractivity contribution in [2.75, 3.05) is 7.11 Å². The highest BCUT2D eigenvalue weighted by atomic mass is 16.5. The van der Waals surface area contributed by atoms with Crippen molar-refractivity contribution < 1.29 is 9.47 Å². The van der Waals surface area contributed by atoms with Gasteiger partial charge in [0.15, 0.2) is 11.5 Å². The van der Waals surface area contributed by atoms with Crippen molar-refractivity contribution in [3.8, 4) is 11.5 Å². The summed E-state index contributed by atoms with van der Waals surface area (Å²) in [5.74, 6) is 1.73. The number of rotatable bonds is 6. The molecular formula is C18H26O2. The molecule has 0 saturated heterocycles. The number of unbranched alkanes of at least 4 members (excludes halogenated alkanes) is 1. The molecule has 1 saturated carbocycles. The summed E-state index contributed by atoms with van der Waals surface area (Å²) in [5.41, 5.74) is 2.54. The van der Waals surface area contributed by atoms with Gasteiger partial charge in [0.25, 0.3) is 0 Å². The molecular weight excluding hydrogens is 248 g/mol. The molecule has 110 valence electrons. The molecule has 1 aromatic carbocycles. The molecule has 1 aliphatic carbocycles. The number of hydrogen-bond acceptors (Lipinski definition) is 2. The van der Waals surface area contributed by atoms with Crippen LogP contribution in [0, 0.1) is 0 Å². The van der Waals surface area contributed by atoms with Gasteiger partial charge >= 0.3 is 0 Å². The van der Waals surface area contributed by atoms with Crippen molar-refractivity contribution in [3.63, 3.8) is 0 Å². The first-order valence-corrected chi connectivity index (χ1v) is 7.76. The van der Waals surface area contributed by atoms with Gasteiger partial charge in [0.1, 0.15) is 0 Å². The highest BCUT2D eigenvalue weighted by Crippen LogP contribution is 2.34. The minimum absolute atomic E-state index is 0.360. The van der Waals surface area contributed by atoms with Crippen LogP contribution in [0.3, 0.4) is 0 Å². The summed E-state index contributed by atoms with van der Waals surface area (Å²) >= 11 is 0. The van der Waals surface area contributed by atoms with Crippen LogP contribution in [0.15, 0.2) is 24.3 Å². The second-order valence-corrected chi connectivity index (χ2v) is 5.57. The van der Waals surface area contributed by atoms with E-state index in [2.05, 4.69) is 32.1 Å². The number of hydrogen-bond donors (Lipinski definition) is 0. The van der Waals surface area contributed by atoms with E-state index in [0.29, 0.717) is 6.10 Å². The van der Waals surface area contributed by atoms with Gasteiger partial charge in [-0.1, -0.05) is 25.5 Å². The normalized spacial score (nSPS) is 16.4. The molecule has 0 N–H and O–H groups in total. The van der Waals surface area contributed by atoms with Crippen LogP contribution in [0.25, 0.3) is 5.57 Å². The smallest absolute Gasteiger partial charge is 0.162 e. The zero-order valence-electron chi connectivity index (χ0n) is 12.9. The fourth-order valence-corrected chi connectivity index (χ4v) is 2.68. The van der Waals surface area contributed by atoms with Crippen molar-refractivity contribution in [1.82, 2.24) is 0 Å². The fraction of sp³-hybridized carbons (Fsp3) is 0.556. The lowest BCUT2D eigenvalue weighted by atomic mass is 10.1. The first kappa shape index (κ1) is 15.0. The van der Waals surface area contributed by atoms with E-state index < -0.39 is 0 Å². The second-order valence-electron chi connectivity index (χ2n) is 5.57. The average Bonchev–Trinajstić information content (AvgIpc) is 2.97. The molecule has 0 atom stereocenters. The van der Waals surface area contributed by atoms with Crippen LogP contribution < -0.4 is 9.47 Å². The summed E-state index contributed by atoms with van der Waals surface area (Å²) in [4.78, 5) is 0. The largest absolute Gasteiger partial charge is 0.493 e. The van der Waals surface area contributed by atoms with E-state index in [1.165, 1.54) is 30.4 Å². The lowest BCUT2D eigenvalue weighted by Gasteiger charge is -2.17. The molecule has 1 aliphatic rings. The van der Waals surface area contributed by atoms with Crippen LogP contribution in [0.2, 0.25) is 0 Å². The van der Waals surface area contributed by atoms with E-state index in [4.69, 9.17) is 9.47 Å². The molecule has 0 amide bonds. The third kappa shape index (κ3) is 3.78. The molecule has 0 heterocycles. The molecule has 2 rings (SSSR count). The van der Waals surface area contributed by atoms with Gasteiger partial charge in [-0.3, -0.25) is 0 Å². The highest BCUT2D eigenvalue weighted by molar-refractivity contribution is 5.66. The molecule has 1 fully saturated rings. The van der Waals surface area contributed by atoms with E-state index in [1.54, 1.807) is 7.11 Å². The second kappa shape index (κ2) is 7.37. The average molecular weight is 274 g/mol. The van der Waals surface area contributed by atoms with E-state index in [-0.39, 0.29) is 0 Å². The number of ether oxygens (including phenoxy) is 2. The Balaban J connectivity index is 2.19. The molecule has 0 radical (unpaired) electrons. The molecule has 2 heteroatoms. The first-order valence-electron chi connectivity index (χ1n) is 7.76. The van der Waals surface area contributed by atoms with Crippen molar-refractivity contribution in [1.29, 1.82) is 0 Å². The summed E-state index contributed by atoms with van der Waals surface area (Å²) in [6.45, 7) is 4.36. The van der Waals surface area contributed by atoms with Crippen LogP contribution in [-0.2, 0) is 0 Å². The Kier molecular flexibility index (Phi) is 5.51. The number of allylic oxidation sites excluding steroid dienone is 2. The quantitative estimate of drug-likeness (QED) is 0.708. The van der Waals surface area contributed by atoms with Crippen LogP contribution in [0.1, 0.15) is 57.9 Å². The highest BCUT2D eigenvalue weighted by Gasteiger charge is 2.18. The summed E-state index contributed by atoms with van der Waals surface area (Å²) in [7, 11) is 1.70. The Bertz CT molecular complexity index is 456. The van der Waals surface area contributed by atoms with E-state index >= 15 is 0 Å². The zero-order chi connectivity index (χ0) is 14.4. The molecule has 1 aromatic rings. The van der Waals surface area contributed by atoms with E-state index in [1.807, 2.05) is 6.07 Å². The van der Waals surface area contributed by atoms with Gasteiger partial charge in [-0.2, -0.15) is 0 Å². The third-order valence-electron chi connectivity index (χ3n) is 3.95. The Hall–Kier alpha value is -1.44. The van der Waals surface area contributed by atoms with Gasteiger partial charge in [-0.15, -0.1) is 0 Å². The van der Waals surface area contributed by atoms with Gasteiger partial charge in [-0.25, -0.2) is 0 Å². The summed E-state index contributed by atoms with van der Waals surface area (Å²) in [6.07, 6.45) is 9.84. The first-order chi connectivity index (χ1) is 9.74. The van der Waals surface area contributed by atoms with Crippen molar-refractivity contribution in [2.45, 2.75) is 58.5 Å². The molecule has 0 unspecified atom stereocenters. The summed E-state index contributed by atoms with van der Waals surface area (Å²) in [5, 5.41) is 0. The molecule has 20 heavy (non-hydrogen) atoms. The van der Waals surface area contributed by atoms with Gasteiger partial charge in [0, 0.05) is 0 Å². The number of benzene rings is 1. The Labute approximate surface area is 122 Å². The lowest BCUT2D eigenvalue weighted by molar-refractivity contribution is 0.200. The molecule has 0 aliphatic heterocycles. The minimum Gasteiger partial charge on any atom is -0.493 e. The molecule has 0 aromatic heterocycles. The fourth-order valence-electron chi connectivity index (χ4n) is 2.68. The lowest BCUT2D eigenvalue weighted by Crippen LogP contribution is -2.11. The Morgan fingerprint density at radius 2 is 2.00 bits per heavy atom. The molecule has 2 nitrogen and oxygen atoms in total. The maximum atomic E-state index is 6.14. The summed E-state index contributed by atoms with van der Waals surface area (Å²) < 4.78 is 11.6. The maximum absolute atomic E-state index is 6.14. The van der Waals surface area contributed by atoms with Crippen molar-refractivity contribution in [3.05, 3.63) is 29.8 Å². The molecule has 0 bridgehead atoms. The zero-order valence-corrected chi connectivity index (χ0v) is 12.9. The Morgan fingerprint density at radius 1 is 1.25 bits per heavy atom. The molecule has 0 spiro atoms. The van der Waals surface area contributed by atoms with Crippen LogP contribution >= 0.6 is 0 Å². The third-order valence-corrected chi connectivity index (χ3v) is 3.95. The predicted molar refractivity (Wildman–Crippen MR) is 84.4 cm³/mol. The van der Waals surface area contributed by atoms with E-state index in [0.717, 1.165) is 30.8 Å². The van der Waals surface area contributed by atoms with Crippen molar-refractivity contribution >= 4 is 5.57 Å². The van der Waals surface area contributed by atoms with Crippen molar-refractivity contribution in [2.24, 2.45) is 0 Å².